The molecule has 0 heterocycles. The molecule has 4 nitrogen and oxygen atoms in total. The second-order valence-corrected chi connectivity index (χ2v) is 4.47. The Labute approximate surface area is 102 Å². The van der Waals surface area contributed by atoms with Crippen LogP contribution in [0.4, 0.5) is 5.69 Å². The lowest BCUT2D eigenvalue weighted by Gasteiger charge is -2.12. The summed E-state index contributed by atoms with van der Waals surface area (Å²) in [6.07, 6.45) is 0. The first-order valence-electron chi connectivity index (χ1n) is 4.73. The second-order valence-electron chi connectivity index (χ2n) is 3.75. The van der Waals surface area contributed by atoms with Crippen molar-refractivity contribution in [3.63, 3.8) is 0 Å². The van der Waals surface area contributed by atoms with Gasteiger partial charge in [-0.05, 0) is 54.8 Å². The van der Waals surface area contributed by atoms with Crippen LogP contribution in [0.3, 0.4) is 0 Å². The summed E-state index contributed by atoms with van der Waals surface area (Å²) in [6.45, 7) is 6.78. The molecule has 0 radical (unpaired) electrons. The predicted molar refractivity (Wildman–Crippen MR) is 65.3 cm³/mol. The zero-order chi connectivity index (χ0) is 12.6. The number of rotatable bonds is 2. The van der Waals surface area contributed by atoms with E-state index in [2.05, 4.69) is 15.9 Å². The molecule has 0 N–H and O–H groups in total. The summed E-state index contributed by atoms with van der Waals surface area (Å²) in [5.74, 6) is 0. The van der Waals surface area contributed by atoms with Crippen LogP contribution in [0.5, 0.6) is 0 Å². The Bertz CT molecular complexity index is 420. The first-order chi connectivity index (χ1) is 7.29. The number of benzene rings is 1. The smallest absolute Gasteiger partial charge is 0.275 e. The van der Waals surface area contributed by atoms with Gasteiger partial charge in [-0.25, -0.2) is 0 Å². The molecule has 0 spiro atoms. The van der Waals surface area contributed by atoms with Crippen molar-refractivity contribution in [2.45, 2.75) is 27.7 Å². The molecule has 0 aliphatic carbocycles. The number of hydrogen-bond donors (Lipinski definition) is 0. The van der Waals surface area contributed by atoms with Gasteiger partial charge < -0.3 is 0 Å². The molecule has 0 aromatic heterocycles. The first-order valence-corrected chi connectivity index (χ1v) is 5.52. The van der Waals surface area contributed by atoms with Crippen LogP contribution < -0.4 is 0 Å². The highest BCUT2D eigenvalue weighted by atomic mass is 79.9. The number of nitro benzene ring substituents is 1. The van der Waals surface area contributed by atoms with E-state index in [1.165, 1.54) is 0 Å². The highest BCUT2D eigenvalue weighted by Gasteiger charge is 2.24. The lowest BCUT2D eigenvalue weighted by Crippen LogP contribution is -2.06. The fourth-order valence-corrected chi connectivity index (χ4v) is 2.46. The molecule has 1 rings (SSSR count). The van der Waals surface area contributed by atoms with Gasteiger partial charge in [0.05, 0.1) is 4.92 Å². The van der Waals surface area contributed by atoms with Crippen molar-refractivity contribution in [3.8, 4) is 0 Å². The largest absolute Gasteiger partial charge is 0.281 e. The zero-order valence-corrected chi connectivity index (χ0v) is 11.1. The van der Waals surface area contributed by atoms with Gasteiger partial charge in [0.1, 0.15) is 0 Å². The van der Waals surface area contributed by atoms with Gasteiger partial charge in [-0.3, -0.25) is 14.9 Å². The Hall–Kier alpha value is -1.23. The molecule has 0 saturated carbocycles. The molecule has 5 heteroatoms. The van der Waals surface area contributed by atoms with Crippen molar-refractivity contribution >= 4 is 26.3 Å². The van der Waals surface area contributed by atoms with Gasteiger partial charge in [0.25, 0.3) is 5.69 Å². The second kappa shape index (κ2) is 4.33. The molecule has 86 valence electrons. The maximum absolute atomic E-state index is 11.4. The van der Waals surface area contributed by atoms with Gasteiger partial charge in [-0.1, -0.05) is 0 Å². The van der Waals surface area contributed by atoms with Crippen molar-refractivity contribution in [2.24, 2.45) is 0 Å². The van der Waals surface area contributed by atoms with Gasteiger partial charge in [-0.15, -0.1) is 0 Å². The maximum atomic E-state index is 11.4. The van der Waals surface area contributed by atoms with Crippen molar-refractivity contribution in [2.75, 3.05) is 0 Å². The van der Waals surface area contributed by atoms with Gasteiger partial charge in [0, 0.05) is 16.7 Å². The SMILES string of the molecule is Cc1c(C)c([N+](=O)[O-])c(C)c(C)c1C(=O)Br. The van der Waals surface area contributed by atoms with Gasteiger partial charge >= 0.3 is 0 Å². The third kappa shape index (κ3) is 1.87. The number of nitro groups is 1. The van der Waals surface area contributed by atoms with Crippen molar-refractivity contribution < 1.29 is 9.72 Å². The molecule has 0 saturated heterocycles. The van der Waals surface area contributed by atoms with E-state index in [9.17, 15) is 14.9 Å². The summed E-state index contributed by atoms with van der Waals surface area (Å²) in [6, 6.07) is 0. The van der Waals surface area contributed by atoms with E-state index < -0.39 is 4.92 Å². The summed E-state index contributed by atoms with van der Waals surface area (Å²) in [5, 5.41) is 10.9. The summed E-state index contributed by atoms with van der Waals surface area (Å²) in [4.78, 5) is 22.0. The summed E-state index contributed by atoms with van der Waals surface area (Å²) in [7, 11) is 0. The molecule has 0 unspecified atom stereocenters. The van der Waals surface area contributed by atoms with Gasteiger partial charge in [0.15, 0.2) is 0 Å². The number of hydrogen-bond acceptors (Lipinski definition) is 3. The standard InChI is InChI=1S/C11H12BrNO3/c1-5-7(3)10(13(15)16)8(4)6(2)9(5)11(12)14/h1-4H3. The van der Waals surface area contributed by atoms with Crippen LogP contribution >= 0.6 is 15.9 Å². The third-order valence-electron chi connectivity index (χ3n) is 2.96. The molecule has 0 bridgehead atoms. The van der Waals surface area contributed by atoms with Crippen LogP contribution in [0.25, 0.3) is 0 Å². The van der Waals surface area contributed by atoms with Gasteiger partial charge in [-0.2, -0.15) is 0 Å². The summed E-state index contributed by atoms with van der Waals surface area (Å²) in [5.41, 5.74) is 3.06. The van der Waals surface area contributed by atoms with E-state index in [1.807, 2.05) is 0 Å². The Morgan fingerprint density at radius 3 is 1.69 bits per heavy atom. The van der Waals surface area contributed by atoms with E-state index in [4.69, 9.17) is 0 Å². The highest BCUT2D eigenvalue weighted by Crippen LogP contribution is 2.33. The molecule has 0 atom stereocenters. The van der Waals surface area contributed by atoms with Crippen LogP contribution in [0.2, 0.25) is 0 Å². The molecule has 1 aromatic rings. The number of carbonyl (C=O) groups excluding carboxylic acids is 1. The van der Waals surface area contributed by atoms with Gasteiger partial charge in [0.2, 0.25) is 4.69 Å². The lowest BCUT2D eigenvalue weighted by molar-refractivity contribution is -0.386. The van der Waals surface area contributed by atoms with Crippen LogP contribution in [-0.4, -0.2) is 9.62 Å². The Balaban J connectivity index is 3.77. The topological polar surface area (TPSA) is 60.2 Å². The molecule has 0 amide bonds. The molecule has 16 heavy (non-hydrogen) atoms. The van der Waals surface area contributed by atoms with Crippen LogP contribution in [0, 0.1) is 37.8 Å². The molecule has 0 aliphatic heterocycles. The Morgan fingerprint density at radius 1 is 1.06 bits per heavy atom. The average Bonchev–Trinajstić information content (AvgIpc) is 2.14. The lowest BCUT2D eigenvalue weighted by atomic mass is 9.93. The minimum atomic E-state index is -0.396. The summed E-state index contributed by atoms with van der Waals surface area (Å²) >= 11 is 2.91. The number of carbonyl (C=O) groups is 1. The predicted octanol–water partition coefficient (Wildman–Crippen LogP) is 3.36. The molecule has 0 fully saturated rings. The minimum Gasteiger partial charge on any atom is -0.281 e. The van der Waals surface area contributed by atoms with Crippen molar-refractivity contribution in [1.82, 2.24) is 0 Å². The van der Waals surface area contributed by atoms with Crippen LogP contribution in [0.15, 0.2) is 0 Å². The number of halogens is 1. The molecular formula is C11H12BrNO3. The summed E-state index contributed by atoms with van der Waals surface area (Å²) < 4.78 is -0.233. The quantitative estimate of drug-likeness (QED) is 0.476. The fraction of sp³-hybridized carbons (Fsp3) is 0.364. The molecule has 0 aliphatic rings. The monoisotopic (exact) mass is 285 g/mol. The fourth-order valence-electron chi connectivity index (χ4n) is 1.86. The Morgan fingerprint density at radius 2 is 1.44 bits per heavy atom. The van der Waals surface area contributed by atoms with E-state index in [1.54, 1.807) is 27.7 Å². The number of nitrogens with zero attached hydrogens (tertiary/aromatic N) is 1. The van der Waals surface area contributed by atoms with E-state index in [0.717, 1.165) is 0 Å². The minimum absolute atomic E-state index is 0.104. The van der Waals surface area contributed by atoms with E-state index in [-0.39, 0.29) is 10.4 Å². The molecular weight excluding hydrogens is 274 g/mol. The normalized spacial score (nSPS) is 10.3. The van der Waals surface area contributed by atoms with Crippen LogP contribution in [0.1, 0.15) is 32.6 Å². The Kier molecular flexibility index (Phi) is 3.48. The van der Waals surface area contributed by atoms with E-state index >= 15 is 0 Å². The van der Waals surface area contributed by atoms with Crippen molar-refractivity contribution in [1.29, 1.82) is 0 Å². The van der Waals surface area contributed by atoms with Crippen LogP contribution in [-0.2, 0) is 0 Å². The third-order valence-corrected chi connectivity index (χ3v) is 3.36. The zero-order valence-electron chi connectivity index (χ0n) is 9.55. The molecule has 1 aromatic carbocycles. The van der Waals surface area contributed by atoms with Crippen molar-refractivity contribution in [3.05, 3.63) is 37.9 Å². The first kappa shape index (κ1) is 12.8. The van der Waals surface area contributed by atoms with E-state index in [0.29, 0.717) is 27.8 Å². The highest BCUT2D eigenvalue weighted by molar-refractivity contribution is 9.18. The maximum Gasteiger partial charge on any atom is 0.275 e. The average molecular weight is 286 g/mol.